The zero-order valence-corrected chi connectivity index (χ0v) is 13.4. The maximum Gasteiger partial charge on any atom is 0.243 e. The first-order chi connectivity index (χ1) is 10.6. The largest absolute Gasteiger partial charge is 0.352 e. The third-order valence-corrected chi connectivity index (χ3v) is 3.49. The van der Waals surface area contributed by atoms with E-state index in [1.54, 1.807) is 0 Å². The lowest BCUT2D eigenvalue weighted by Crippen LogP contribution is -2.35. The first-order valence-corrected chi connectivity index (χ1v) is 7.78. The van der Waals surface area contributed by atoms with E-state index in [1.807, 2.05) is 19.1 Å². The van der Waals surface area contributed by atoms with E-state index in [0.717, 1.165) is 24.8 Å². The van der Waals surface area contributed by atoms with Crippen LogP contribution in [0.1, 0.15) is 39.2 Å². The number of carbonyl (C=O) groups is 1. The molecule has 22 heavy (non-hydrogen) atoms. The predicted octanol–water partition coefficient (Wildman–Crippen LogP) is 2.21. The van der Waals surface area contributed by atoms with Crippen LogP contribution in [0.3, 0.4) is 0 Å². The zero-order valence-electron chi connectivity index (χ0n) is 13.4. The number of amides is 1. The molecular formula is C16H23N5O. The Morgan fingerprint density at radius 2 is 2.00 bits per heavy atom. The van der Waals surface area contributed by atoms with Crippen molar-refractivity contribution in [3.05, 3.63) is 29.8 Å². The molecule has 0 saturated heterocycles. The molecule has 1 atom stereocenters. The van der Waals surface area contributed by atoms with Gasteiger partial charge in [-0.25, -0.2) is 0 Å². The van der Waals surface area contributed by atoms with Crippen LogP contribution < -0.4 is 5.32 Å². The number of rotatable bonds is 7. The molecule has 6 heteroatoms. The maximum absolute atomic E-state index is 11.9. The predicted molar refractivity (Wildman–Crippen MR) is 85.1 cm³/mol. The highest BCUT2D eigenvalue weighted by Gasteiger charge is 2.11. The van der Waals surface area contributed by atoms with Gasteiger partial charge in [-0.1, -0.05) is 44.5 Å². The van der Waals surface area contributed by atoms with E-state index in [-0.39, 0.29) is 18.5 Å². The Kier molecular flexibility index (Phi) is 5.63. The van der Waals surface area contributed by atoms with Gasteiger partial charge in [-0.15, -0.1) is 10.2 Å². The quantitative estimate of drug-likeness (QED) is 0.851. The molecule has 2 aromatic rings. The fourth-order valence-electron chi connectivity index (χ4n) is 2.27. The molecule has 6 nitrogen and oxygen atoms in total. The second-order valence-electron chi connectivity index (χ2n) is 5.45. The third-order valence-electron chi connectivity index (χ3n) is 3.49. The van der Waals surface area contributed by atoms with Crippen molar-refractivity contribution in [1.82, 2.24) is 25.5 Å². The van der Waals surface area contributed by atoms with Crippen LogP contribution in [0.25, 0.3) is 11.4 Å². The summed E-state index contributed by atoms with van der Waals surface area (Å²) in [7, 11) is 0. The topological polar surface area (TPSA) is 72.7 Å². The summed E-state index contributed by atoms with van der Waals surface area (Å²) in [5.41, 5.74) is 2.17. The minimum Gasteiger partial charge on any atom is -0.352 e. The third kappa shape index (κ3) is 4.38. The van der Waals surface area contributed by atoms with Crippen molar-refractivity contribution >= 4 is 5.91 Å². The number of nitrogens with zero attached hydrogens (tertiary/aromatic N) is 4. The molecule has 1 N–H and O–H groups in total. The van der Waals surface area contributed by atoms with Crippen molar-refractivity contribution in [3.8, 4) is 11.4 Å². The molecule has 0 aliphatic heterocycles. The number of hydrogen-bond acceptors (Lipinski definition) is 4. The fraction of sp³-hybridized carbons (Fsp3) is 0.500. The molecule has 0 bridgehead atoms. The van der Waals surface area contributed by atoms with E-state index in [2.05, 4.69) is 46.7 Å². The van der Waals surface area contributed by atoms with Gasteiger partial charge < -0.3 is 5.32 Å². The molecule has 0 saturated carbocycles. The summed E-state index contributed by atoms with van der Waals surface area (Å²) in [6, 6.07) is 8.22. The molecular weight excluding hydrogens is 278 g/mol. The van der Waals surface area contributed by atoms with Crippen molar-refractivity contribution in [1.29, 1.82) is 0 Å². The standard InChI is InChI=1S/C16H23N5O/c1-4-6-12(3)17-15(22)11-21-19-16(18-20-21)14-9-7-13(5-2)8-10-14/h7-10,12H,4-6,11H2,1-3H3,(H,17,22)/t12-/m0/s1. The first-order valence-electron chi connectivity index (χ1n) is 7.78. The minimum absolute atomic E-state index is 0.0914. The maximum atomic E-state index is 11.9. The Morgan fingerprint density at radius 1 is 1.27 bits per heavy atom. The van der Waals surface area contributed by atoms with E-state index in [9.17, 15) is 4.79 Å². The molecule has 0 aliphatic carbocycles. The number of nitrogens with one attached hydrogen (secondary N) is 1. The highest BCUT2D eigenvalue weighted by Crippen LogP contribution is 2.14. The van der Waals surface area contributed by atoms with E-state index in [1.165, 1.54) is 10.4 Å². The Balaban J connectivity index is 1.97. The molecule has 1 amide bonds. The van der Waals surface area contributed by atoms with Crippen LogP contribution in [0.4, 0.5) is 0 Å². The number of carbonyl (C=O) groups excluding carboxylic acids is 1. The number of aryl methyl sites for hydroxylation is 1. The highest BCUT2D eigenvalue weighted by molar-refractivity contribution is 5.75. The van der Waals surface area contributed by atoms with Gasteiger partial charge in [-0.3, -0.25) is 4.79 Å². The van der Waals surface area contributed by atoms with E-state index in [4.69, 9.17) is 0 Å². The number of hydrogen-bond donors (Lipinski definition) is 1. The fourth-order valence-corrected chi connectivity index (χ4v) is 2.27. The van der Waals surface area contributed by atoms with Gasteiger partial charge >= 0.3 is 0 Å². The van der Waals surface area contributed by atoms with Gasteiger partial charge in [0.2, 0.25) is 11.7 Å². The van der Waals surface area contributed by atoms with Crippen molar-refractivity contribution in [3.63, 3.8) is 0 Å². The van der Waals surface area contributed by atoms with Gasteiger partial charge in [0, 0.05) is 11.6 Å². The molecule has 1 aromatic carbocycles. The smallest absolute Gasteiger partial charge is 0.243 e. The second-order valence-corrected chi connectivity index (χ2v) is 5.45. The number of aromatic nitrogens is 4. The molecule has 118 valence electrons. The lowest BCUT2D eigenvalue weighted by Gasteiger charge is -2.11. The summed E-state index contributed by atoms with van der Waals surface area (Å²) >= 11 is 0. The zero-order chi connectivity index (χ0) is 15.9. The van der Waals surface area contributed by atoms with Crippen LogP contribution in [0.5, 0.6) is 0 Å². The summed E-state index contributed by atoms with van der Waals surface area (Å²) in [5.74, 6) is 0.447. The summed E-state index contributed by atoms with van der Waals surface area (Å²) in [6.45, 7) is 6.30. The average molecular weight is 301 g/mol. The Bertz CT molecular complexity index is 605. The van der Waals surface area contributed by atoms with Crippen molar-refractivity contribution in [2.24, 2.45) is 0 Å². The summed E-state index contributed by atoms with van der Waals surface area (Å²) < 4.78 is 0. The molecule has 0 aliphatic rings. The SMILES string of the molecule is CCC[C@H](C)NC(=O)Cn1nnc(-c2ccc(CC)cc2)n1. The number of tetrazole rings is 1. The van der Waals surface area contributed by atoms with Gasteiger partial charge in [0.05, 0.1) is 0 Å². The van der Waals surface area contributed by atoms with E-state index < -0.39 is 0 Å². The summed E-state index contributed by atoms with van der Waals surface area (Å²) in [6.07, 6.45) is 3.00. The van der Waals surface area contributed by atoms with E-state index >= 15 is 0 Å². The summed E-state index contributed by atoms with van der Waals surface area (Å²) in [5, 5.41) is 15.1. The molecule has 2 rings (SSSR count). The van der Waals surface area contributed by atoms with Crippen molar-refractivity contribution in [2.75, 3.05) is 0 Å². The highest BCUT2D eigenvalue weighted by atomic mass is 16.2. The Morgan fingerprint density at radius 3 is 2.64 bits per heavy atom. The monoisotopic (exact) mass is 301 g/mol. The second kappa shape index (κ2) is 7.68. The van der Waals surface area contributed by atoms with Crippen LogP contribution in [-0.2, 0) is 17.8 Å². The normalized spacial score (nSPS) is 12.1. The van der Waals surface area contributed by atoms with Crippen LogP contribution >= 0.6 is 0 Å². The molecule has 0 unspecified atom stereocenters. The van der Waals surface area contributed by atoms with Crippen LogP contribution in [0, 0.1) is 0 Å². The van der Waals surface area contributed by atoms with E-state index in [0.29, 0.717) is 5.82 Å². The first kappa shape index (κ1) is 16.1. The van der Waals surface area contributed by atoms with Crippen molar-refractivity contribution < 1.29 is 4.79 Å². The van der Waals surface area contributed by atoms with Gasteiger partial charge in [-0.05, 0) is 30.5 Å². The minimum atomic E-state index is -0.0915. The van der Waals surface area contributed by atoms with Gasteiger partial charge in [-0.2, -0.15) is 4.80 Å². The lowest BCUT2D eigenvalue weighted by molar-refractivity contribution is -0.122. The van der Waals surface area contributed by atoms with Crippen LogP contribution in [-0.4, -0.2) is 32.2 Å². The average Bonchev–Trinajstić information content (AvgIpc) is 2.95. The lowest BCUT2D eigenvalue weighted by atomic mass is 10.1. The Hall–Kier alpha value is -2.24. The molecule has 0 fully saturated rings. The van der Waals surface area contributed by atoms with Crippen molar-refractivity contribution in [2.45, 2.75) is 52.6 Å². The van der Waals surface area contributed by atoms with Gasteiger partial charge in [0.25, 0.3) is 0 Å². The van der Waals surface area contributed by atoms with Crippen LogP contribution in [0.2, 0.25) is 0 Å². The van der Waals surface area contributed by atoms with Gasteiger partial charge in [0.1, 0.15) is 6.54 Å². The van der Waals surface area contributed by atoms with Gasteiger partial charge in [0.15, 0.2) is 0 Å². The summed E-state index contributed by atoms with van der Waals surface area (Å²) in [4.78, 5) is 13.2. The molecule has 0 radical (unpaired) electrons. The molecule has 0 spiro atoms. The number of benzene rings is 1. The Labute approximate surface area is 130 Å². The van der Waals surface area contributed by atoms with Crippen LogP contribution in [0.15, 0.2) is 24.3 Å². The molecule has 1 aromatic heterocycles. The molecule has 1 heterocycles.